The highest BCUT2D eigenvalue weighted by Gasteiger charge is 2.50. The van der Waals surface area contributed by atoms with Crippen molar-refractivity contribution in [2.24, 2.45) is 23.7 Å². The van der Waals surface area contributed by atoms with Crippen molar-refractivity contribution in [3.05, 3.63) is 0 Å². The average molecular weight is 386 g/mol. The molecule has 4 atom stereocenters. The zero-order valence-electron chi connectivity index (χ0n) is 16.8. The smallest absolute Gasteiger partial charge is 0.407 e. The van der Waals surface area contributed by atoms with Gasteiger partial charge in [-0.3, -0.25) is 14.4 Å². The fourth-order valence-corrected chi connectivity index (χ4v) is 3.43. The summed E-state index contributed by atoms with van der Waals surface area (Å²) in [5.74, 6) is -3.17. The molecular weight excluding hydrogens is 356 g/mol. The molecule has 9 heteroatoms. The van der Waals surface area contributed by atoms with Gasteiger partial charge in [0.1, 0.15) is 5.60 Å². The van der Waals surface area contributed by atoms with E-state index in [1.165, 1.54) is 21.1 Å². The number of ether oxygens (including phenoxy) is 3. The fraction of sp³-hybridized carbons (Fsp3) is 0.778. The summed E-state index contributed by atoms with van der Waals surface area (Å²) in [5, 5.41) is 5.34. The number of alkyl carbamates (subject to hydrolysis) is 1. The number of esters is 2. The molecule has 0 spiro atoms. The lowest BCUT2D eigenvalue weighted by Gasteiger charge is -2.27. The first-order valence-electron chi connectivity index (χ1n) is 8.87. The molecule has 0 saturated heterocycles. The van der Waals surface area contributed by atoms with E-state index in [1.54, 1.807) is 20.8 Å². The number of hydrogen-bond acceptors (Lipinski definition) is 7. The molecular formula is C18H30N2O7. The predicted molar refractivity (Wildman–Crippen MR) is 95.5 cm³/mol. The van der Waals surface area contributed by atoms with Crippen molar-refractivity contribution in [2.75, 3.05) is 27.3 Å². The van der Waals surface area contributed by atoms with Crippen molar-refractivity contribution in [1.29, 1.82) is 0 Å². The van der Waals surface area contributed by atoms with E-state index in [1.807, 2.05) is 0 Å². The zero-order chi connectivity index (χ0) is 20.8. The maximum absolute atomic E-state index is 12.2. The molecule has 1 aliphatic rings. The molecule has 0 unspecified atom stereocenters. The molecule has 0 bridgehead atoms. The quantitative estimate of drug-likeness (QED) is 0.513. The third-order valence-corrected chi connectivity index (χ3v) is 4.57. The molecule has 0 aliphatic heterocycles. The number of rotatable bonds is 6. The molecule has 27 heavy (non-hydrogen) atoms. The molecule has 0 aromatic carbocycles. The molecule has 0 heterocycles. The first-order valence-corrected chi connectivity index (χ1v) is 8.87. The van der Waals surface area contributed by atoms with Crippen LogP contribution in [0.2, 0.25) is 0 Å². The Bertz CT molecular complexity index is 571. The van der Waals surface area contributed by atoms with Gasteiger partial charge in [-0.2, -0.15) is 0 Å². The molecule has 0 aromatic rings. The van der Waals surface area contributed by atoms with E-state index < -0.39 is 41.4 Å². The Morgan fingerprint density at radius 1 is 0.889 bits per heavy atom. The summed E-state index contributed by atoms with van der Waals surface area (Å²) in [5.41, 5.74) is -0.661. The number of carbonyl (C=O) groups excluding carboxylic acids is 4. The number of nitrogens with one attached hydrogen (secondary N) is 2. The average Bonchev–Trinajstić information content (AvgIpc) is 2.93. The summed E-state index contributed by atoms with van der Waals surface area (Å²) < 4.78 is 14.9. The standard InChI is InChI=1S/C18H30N2O7/c1-10(21)19-8-13-11(15(22)25-5)7-12(16(23)26-6)14(13)9-20-17(24)27-18(2,3)4/h11-14H,7-9H2,1-6H3,(H,19,21)(H,20,24)/t11-,12+,13+,14-/m1/s1. The van der Waals surface area contributed by atoms with Crippen molar-refractivity contribution >= 4 is 23.9 Å². The summed E-state index contributed by atoms with van der Waals surface area (Å²) in [7, 11) is 2.55. The minimum atomic E-state index is -0.661. The third kappa shape index (κ3) is 6.73. The molecule has 1 saturated carbocycles. The van der Waals surface area contributed by atoms with Crippen LogP contribution in [0, 0.1) is 23.7 Å². The summed E-state index contributed by atoms with van der Waals surface area (Å²) in [6.45, 7) is 6.88. The Kier molecular flexibility index (Phi) is 8.05. The van der Waals surface area contributed by atoms with Gasteiger partial charge in [0.05, 0.1) is 26.1 Å². The van der Waals surface area contributed by atoms with Gasteiger partial charge >= 0.3 is 18.0 Å². The summed E-state index contributed by atoms with van der Waals surface area (Å²) in [6, 6.07) is 0. The lowest BCUT2D eigenvalue weighted by molar-refractivity contribution is -0.147. The van der Waals surface area contributed by atoms with Crippen molar-refractivity contribution < 1.29 is 33.4 Å². The highest BCUT2D eigenvalue weighted by atomic mass is 16.6. The van der Waals surface area contributed by atoms with Crippen molar-refractivity contribution in [3.8, 4) is 0 Å². The van der Waals surface area contributed by atoms with Gasteiger partial charge in [0.25, 0.3) is 0 Å². The largest absolute Gasteiger partial charge is 0.469 e. The van der Waals surface area contributed by atoms with Gasteiger partial charge in [-0.1, -0.05) is 0 Å². The Morgan fingerprint density at radius 2 is 1.33 bits per heavy atom. The topological polar surface area (TPSA) is 120 Å². The highest BCUT2D eigenvalue weighted by molar-refractivity contribution is 5.79. The second kappa shape index (κ2) is 9.57. The van der Waals surface area contributed by atoms with E-state index in [2.05, 4.69) is 10.6 Å². The van der Waals surface area contributed by atoms with Gasteiger partial charge in [0.2, 0.25) is 5.91 Å². The van der Waals surface area contributed by atoms with Gasteiger partial charge in [-0.05, 0) is 39.0 Å². The van der Waals surface area contributed by atoms with E-state index in [4.69, 9.17) is 14.2 Å². The maximum atomic E-state index is 12.2. The summed E-state index contributed by atoms with van der Waals surface area (Å²) in [4.78, 5) is 47.8. The lowest BCUT2D eigenvalue weighted by atomic mass is 9.86. The zero-order valence-corrected chi connectivity index (χ0v) is 16.8. The van der Waals surface area contributed by atoms with Gasteiger partial charge in [-0.15, -0.1) is 0 Å². The first-order chi connectivity index (χ1) is 12.5. The minimum Gasteiger partial charge on any atom is -0.469 e. The third-order valence-electron chi connectivity index (χ3n) is 4.57. The number of carbonyl (C=O) groups is 4. The number of methoxy groups -OCH3 is 2. The molecule has 2 amide bonds. The monoisotopic (exact) mass is 386 g/mol. The van der Waals surface area contributed by atoms with Gasteiger partial charge in [0, 0.05) is 20.0 Å². The van der Waals surface area contributed by atoms with Crippen molar-refractivity contribution in [2.45, 2.75) is 39.7 Å². The lowest BCUT2D eigenvalue weighted by Crippen LogP contribution is -2.42. The van der Waals surface area contributed by atoms with Crippen LogP contribution in [0.1, 0.15) is 34.1 Å². The van der Waals surface area contributed by atoms with Crippen LogP contribution >= 0.6 is 0 Å². The minimum absolute atomic E-state index is 0.104. The SMILES string of the molecule is COC(=O)[C@H]1C[C@@H](C(=O)OC)[C@H](CNC(C)=O)[C@@H]1CNC(=O)OC(C)(C)C. The van der Waals surface area contributed by atoms with E-state index in [9.17, 15) is 19.2 Å². The van der Waals surface area contributed by atoms with Crippen LogP contribution in [0.3, 0.4) is 0 Å². The Hall–Kier alpha value is -2.32. The van der Waals surface area contributed by atoms with Crippen molar-refractivity contribution in [1.82, 2.24) is 10.6 Å². The van der Waals surface area contributed by atoms with Gasteiger partial charge in [0.15, 0.2) is 0 Å². The van der Waals surface area contributed by atoms with Crippen molar-refractivity contribution in [3.63, 3.8) is 0 Å². The van der Waals surface area contributed by atoms with E-state index in [-0.39, 0.29) is 31.3 Å². The van der Waals surface area contributed by atoms with E-state index in [0.29, 0.717) is 0 Å². The molecule has 0 aromatic heterocycles. The predicted octanol–water partition coefficient (Wildman–Crippen LogP) is 0.862. The van der Waals surface area contributed by atoms with Crippen LogP contribution < -0.4 is 10.6 Å². The van der Waals surface area contributed by atoms with Crippen LogP contribution in [-0.4, -0.2) is 56.8 Å². The Morgan fingerprint density at radius 3 is 1.70 bits per heavy atom. The first kappa shape index (κ1) is 22.7. The molecule has 2 N–H and O–H groups in total. The second-order valence-electron chi connectivity index (χ2n) is 7.64. The van der Waals surface area contributed by atoms with Gasteiger partial charge in [-0.25, -0.2) is 4.79 Å². The summed E-state index contributed by atoms with van der Waals surface area (Å²) in [6.07, 6.45) is -0.393. The Labute approximate surface area is 159 Å². The highest BCUT2D eigenvalue weighted by Crippen LogP contribution is 2.42. The van der Waals surface area contributed by atoms with Crippen LogP contribution in [0.4, 0.5) is 4.79 Å². The molecule has 1 rings (SSSR count). The second-order valence-corrected chi connectivity index (χ2v) is 7.64. The van der Waals surface area contributed by atoms with Crippen LogP contribution in [0.15, 0.2) is 0 Å². The fourth-order valence-electron chi connectivity index (χ4n) is 3.43. The molecule has 1 fully saturated rings. The molecule has 0 radical (unpaired) electrons. The molecule has 1 aliphatic carbocycles. The van der Waals surface area contributed by atoms with E-state index >= 15 is 0 Å². The normalized spacial score (nSPS) is 24.7. The molecule has 154 valence electrons. The molecule has 9 nitrogen and oxygen atoms in total. The summed E-state index contributed by atoms with van der Waals surface area (Å²) >= 11 is 0. The van der Waals surface area contributed by atoms with Crippen LogP contribution in [-0.2, 0) is 28.6 Å². The Balaban J connectivity index is 3.00. The number of amides is 2. The van der Waals surface area contributed by atoms with E-state index in [0.717, 1.165) is 0 Å². The van der Waals surface area contributed by atoms with Crippen LogP contribution in [0.25, 0.3) is 0 Å². The maximum Gasteiger partial charge on any atom is 0.407 e. The van der Waals surface area contributed by atoms with Crippen LogP contribution in [0.5, 0.6) is 0 Å². The number of hydrogen-bond donors (Lipinski definition) is 2. The van der Waals surface area contributed by atoms with Gasteiger partial charge < -0.3 is 24.8 Å².